The Kier molecular flexibility index (Phi) is 5.98. The maximum Gasteiger partial charge on any atom is 0.326 e. The summed E-state index contributed by atoms with van der Waals surface area (Å²) in [6, 6.07) is 4.80. The smallest absolute Gasteiger partial charge is 0.326 e. The molecule has 2 amide bonds. The first kappa shape index (κ1) is 16.0. The van der Waals surface area contributed by atoms with Crippen molar-refractivity contribution in [2.75, 3.05) is 5.32 Å². The molecule has 0 fully saturated rings. The van der Waals surface area contributed by atoms with Crippen molar-refractivity contribution >= 4 is 39.6 Å². The first-order valence-corrected chi connectivity index (χ1v) is 6.45. The molecule has 1 atom stereocenters. The van der Waals surface area contributed by atoms with Crippen LogP contribution >= 0.6 is 15.9 Å². The number of carboxylic acid groups (broad SMARTS) is 2. The van der Waals surface area contributed by atoms with Crippen LogP contribution in [0.5, 0.6) is 0 Å². The topological polar surface area (TPSA) is 116 Å². The number of rotatable bonds is 6. The Hall–Kier alpha value is -2.09. The molecule has 7 nitrogen and oxygen atoms in total. The van der Waals surface area contributed by atoms with Gasteiger partial charge in [-0.15, -0.1) is 0 Å². The Bertz CT molecular complexity index is 520. The summed E-state index contributed by atoms with van der Waals surface area (Å²) < 4.78 is 0.760. The molecule has 1 aromatic rings. The maximum atomic E-state index is 11.6. The van der Waals surface area contributed by atoms with Crippen LogP contribution in [-0.2, 0) is 9.59 Å². The summed E-state index contributed by atoms with van der Waals surface area (Å²) in [5.41, 5.74) is 0.485. The number of nitrogens with one attached hydrogen (secondary N) is 2. The molecule has 0 aromatic heterocycles. The van der Waals surface area contributed by atoms with Gasteiger partial charge in [-0.05, 0) is 24.6 Å². The van der Waals surface area contributed by atoms with Crippen molar-refractivity contribution in [1.29, 1.82) is 0 Å². The molecular weight excluding hydrogens is 332 g/mol. The predicted molar refractivity (Wildman–Crippen MR) is 74.6 cm³/mol. The van der Waals surface area contributed by atoms with Crippen molar-refractivity contribution in [3.63, 3.8) is 0 Å². The molecule has 108 valence electrons. The Morgan fingerprint density at radius 3 is 2.50 bits per heavy atom. The summed E-state index contributed by atoms with van der Waals surface area (Å²) in [6.07, 6.45) is -0.523. The highest BCUT2D eigenvalue weighted by Gasteiger charge is 2.20. The minimum atomic E-state index is -1.28. The van der Waals surface area contributed by atoms with Gasteiger partial charge in [-0.1, -0.05) is 22.0 Å². The number of carboxylic acids is 2. The maximum absolute atomic E-state index is 11.6. The lowest BCUT2D eigenvalue weighted by atomic mass is 10.1. The van der Waals surface area contributed by atoms with Crippen LogP contribution in [0.25, 0.3) is 0 Å². The third-order valence-electron chi connectivity index (χ3n) is 2.33. The summed E-state index contributed by atoms with van der Waals surface area (Å²) in [6.45, 7) is 0. The predicted octanol–water partition coefficient (Wildman–Crippen LogP) is 1.89. The molecule has 8 heteroatoms. The summed E-state index contributed by atoms with van der Waals surface area (Å²) in [4.78, 5) is 33.0. The van der Waals surface area contributed by atoms with Crippen molar-refractivity contribution in [2.24, 2.45) is 0 Å². The zero-order valence-corrected chi connectivity index (χ0v) is 11.9. The number of urea groups is 1. The van der Waals surface area contributed by atoms with Gasteiger partial charge < -0.3 is 20.8 Å². The van der Waals surface area contributed by atoms with Gasteiger partial charge in [-0.3, -0.25) is 4.79 Å². The quantitative estimate of drug-likeness (QED) is 0.628. The van der Waals surface area contributed by atoms with Gasteiger partial charge in [0.15, 0.2) is 0 Å². The highest BCUT2D eigenvalue weighted by Crippen LogP contribution is 2.15. The zero-order chi connectivity index (χ0) is 15.1. The lowest BCUT2D eigenvalue weighted by Gasteiger charge is -2.14. The van der Waals surface area contributed by atoms with E-state index in [1.165, 1.54) is 0 Å². The van der Waals surface area contributed by atoms with Crippen LogP contribution in [0.4, 0.5) is 10.5 Å². The molecule has 0 bridgehead atoms. The number of anilines is 1. The standard InChI is InChI=1S/C12H13BrN2O5/c13-7-2-1-3-8(6-7)14-12(20)15-9(11(18)19)4-5-10(16)17/h1-3,6,9H,4-5H2,(H,16,17)(H,18,19)(H2,14,15,20). The van der Waals surface area contributed by atoms with Crippen LogP contribution in [0.3, 0.4) is 0 Å². The third kappa shape index (κ3) is 5.70. The molecular formula is C12H13BrN2O5. The Balaban J connectivity index is 2.57. The third-order valence-corrected chi connectivity index (χ3v) is 2.83. The molecule has 0 aliphatic rings. The SMILES string of the molecule is O=C(O)CCC(NC(=O)Nc1cccc(Br)c1)C(=O)O. The first-order chi connectivity index (χ1) is 9.38. The molecule has 0 aliphatic heterocycles. The Morgan fingerprint density at radius 1 is 1.25 bits per heavy atom. The zero-order valence-electron chi connectivity index (χ0n) is 10.3. The van der Waals surface area contributed by atoms with E-state index in [2.05, 4.69) is 26.6 Å². The molecule has 20 heavy (non-hydrogen) atoms. The number of carbonyl (C=O) groups is 3. The van der Waals surface area contributed by atoms with E-state index < -0.39 is 24.0 Å². The molecule has 0 aliphatic carbocycles. The summed E-state index contributed by atoms with van der Waals surface area (Å²) in [5.74, 6) is -2.40. The van der Waals surface area contributed by atoms with Crippen molar-refractivity contribution in [3.8, 4) is 0 Å². The van der Waals surface area contributed by atoms with Crippen LogP contribution in [0.2, 0.25) is 0 Å². The molecule has 0 radical (unpaired) electrons. The lowest BCUT2D eigenvalue weighted by Crippen LogP contribution is -2.43. The van der Waals surface area contributed by atoms with Gasteiger partial charge in [0.1, 0.15) is 6.04 Å². The van der Waals surface area contributed by atoms with Crippen molar-refractivity contribution in [2.45, 2.75) is 18.9 Å². The minimum absolute atomic E-state index is 0.184. The van der Waals surface area contributed by atoms with Gasteiger partial charge in [0, 0.05) is 16.6 Å². The Morgan fingerprint density at radius 2 is 1.95 bits per heavy atom. The Labute approximate surface area is 123 Å². The fourth-order valence-corrected chi connectivity index (χ4v) is 1.82. The van der Waals surface area contributed by atoms with Gasteiger partial charge in [0.05, 0.1) is 0 Å². The van der Waals surface area contributed by atoms with Crippen molar-refractivity contribution in [3.05, 3.63) is 28.7 Å². The molecule has 0 heterocycles. The normalized spacial score (nSPS) is 11.4. The molecule has 4 N–H and O–H groups in total. The number of halogens is 1. The monoisotopic (exact) mass is 344 g/mol. The van der Waals surface area contributed by atoms with E-state index in [-0.39, 0.29) is 12.8 Å². The number of amides is 2. The molecule has 0 saturated carbocycles. The first-order valence-electron chi connectivity index (χ1n) is 5.66. The van der Waals surface area contributed by atoms with E-state index in [4.69, 9.17) is 10.2 Å². The van der Waals surface area contributed by atoms with Gasteiger partial charge in [-0.2, -0.15) is 0 Å². The molecule has 0 saturated heterocycles. The highest BCUT2D eigenvalue weighted by atomic mass is 79.9. The minimum Gasteiger partial charge on any atom is -0.481 e. The number of hydrogen-bond acceptors (Lipinski definition) is 3. The van der Waals surface area contributed by atoms with Crippen LogP contribution in [0.1, 0.15) is 12.8 Å². The largest absolute Gasteiger partial charge is 0.481 e. The summed E-state index contributed by atoms with van der Waals surface area (Å²) in [7, 11) is 0. The average molecular weight is 345 g/mol. The molecule has 0 spiro atoms. The summed E-state index contributed by atoms with van der Waals surface area (Å²) in [5, 5.41) is 22.1. The second kappa shape index (κ2) is 7.49. The lowest BCUT2D eigenvalue weighted by molar-refractivity contribution is -0.140. The van der Waals surface area contributed by atoms with Crippen LogP contribution < -0.4 is 10.6 Å². The second-order valence-electron chi connectivity index (χ2n) is 3.93. The van der Waals surface area contributed by atoms with E-state index in [0.717, 1.165) is 4.47 Å². The number of benzene rings is 1. The fraction of sp³-hybridized carbons (Fsp3) is 0.250. The molecule has 1 unspecified atom stereocenters. The fourth-order valence-electron chi connectivity index (χ4n) is 1.42. The number of carbonyl (C=O) groups excluding carboxylic acids is 1. The van der Waals surface area contributed by atoms with Crippen molar-refractivity contribution in [1.82, 2.24) is 5.32 Å². The number of hydrogen-bond donors (Lipinski definition) is 4. The van der Waals surface area contributed by atoms with Gasteiger partial charge in [0.2, 0.25) is 0 Å². The van der Waals surface area contributed by atoms with Gasteiger partial charge >= 0.3 is 18.0 Å². The van der Waals surface area contributed by atoms with E-state index in [9.17, 15) is 14.4 Å². The van der Waals surface area contributed by atoms with E-state index in [1.54, 1.807) is 24.3 Å². The van der Waals surface area contributed by atoms with Gasteiger partial charge in [-0.25, -0.2) is 9.59 Å². The molecule has 1 rings (SSSR count). The molecule has 1 aromatic carbocycles. The van der Waals surface area contributed by atoms with Crippen LogP contribution in [0, 0.1) is 0 Å². The van der Waals surface area contributed by atoms with Crippen LogP contribution in [-0.4, -0.2) is 34.2 Å². The summed E-state index contributed by atoms with van der Waals surface area (Å²) >= 11 is 3.24. The second-order valence-corrected chi connectivity index (χ2v) is 4.85. The highest BCUT2D eigenvalue weighted by molar-refractivity contribution is 9.10. The van der Waals surface area contributed by atoms with Gasteiger partial charge in [0.25, 0.3) is 0 Å². The van der Waals surface area contributed by atoms with Crippen molar-refractivity contribution < 1.29 is 24.6 Å². The van der Waals surface area contributed by atoms with Crippen LogP contribution in [0.15, 0.2) is 28.7 Å². The van der Waals surface area contributed by atoms with E-state index in [1.807, 2.05) is 0 Å². The average Bonchev–Trinajstić information content (AvgIpc) is 2.33. The van der Waals surface area contributed by atoms with E-state index in [0.29, 0.717) is 5.69 Å². The van der Waals surface area contributed by atoms with E-state index >= 15 is 0 Å². The number of aliphatic carboxylic acids is 2.